The lowest BCUT2D eigenvalue weighted by molar-refractivity contribution is 0.103. The number of carbonyl (C=O) groups excluding carboxylic acids is 1. The minimum Gasteiger partial charge on any atom is -0.395 e. The second kappa shape index (κ2) is 10.4. The summed E-state index contributed by atoms with van der Waals surface area (Å²) < 4.78 is 73.6. The maximum atomic E-state index is 12.9. The molecule has 3 N–H and O–H groups in total. The molecular formula is C22H26ClN7O2S. The van der Waals surface area contributed by atoms with Gasteiger partial charge in [-0.25, -0.2) is 15.0 Å². The van der Waals surface area contributed by atoms with Gasteiger partial charge in [-0.1, -0.05) is 35.1 Å². The number of thiazole rings is 1. The molecule has 11 heteroatoms. The van der Waals surface area contributed by atoms with Crippen LogP contribution in [0.4, 0.5) is 22.5 Å². The molecule has 4 rings (SSSR count). The topological polar surface area (TPSA) is 107 Å². The van der Waals surface area contributed by atoms with E-state index in [-0.39, 0.29) is 43.7 Å². The van der Waals surface area contributed by atoms with Crippen molar-refractivity contribution in [2.45, 2.75) is 13.8 Å². The van der Waals surface area contributed by atoms with Crippen molar-refractivity contribution < 1.29 is 22.2 Å². The quantitative estimate of drug-likeness (QED) is 0.457. The molecule has 1 aliphatic heterocycles. The van der Waals surface area contributed by atoms with Crippen molar-refractivity contribution in [2.75, 3.05) is 54.7 Å². The highest BCUT2D eigenvalue weighted by molar-refractivity contribution is 7.17. The second-order valence-electron chi connectivity index (χ2n) is 6.77. The zero-order chi connectivity index (χ0) is 31.3. The Morgan fingerprint density at radius 3 is 3.06 bits per heavy atom. The predicted molar refractivity (Wildman–Crippen MR) is 132 cm³/mol. The van der Waals surface area contributed by atoms with Crippen LogP contribution in [0, 0.1) is 13.8 Å². The van der Waals surface area contributed by atoms with E-state index in [1.807, 2.05) is 0 Å². The Kier molecular flexibility index (Phi) is 4.57. The number of amides is 1. The van der Waals surface area contributed by atoms with Gasteiger partial charge < -0.3 is 20.6 Å². The van der Waals surface area contributed by atoms with Crippen LogP contribution in [0.2, 0.25) is 5.02 Å². The molecule has 0 spiro atoms. The van der Waals surface area contributed by atoms with Crippen LogP contribution < -0.4 is 15.5 Å². The van der Waals surface area contributed by atoms with Gasteiger partial charge in [0.1, 0.15) is 22.3 Å². The van der Waals surface area contributed by atoms with Crippen LogP contribution in [-0.2, 0) is 0 Å². The third-order valence-electron chi connectivity index (χ3n) is 4.38. The number of aliphatic hydroxyl groups excluding tert-OH is 1. The lowest BCUT2D eigenvalue weighted by atomic mass is 10.2. The summed E-state index contributed by atoms with van der Waals surface area (Å²) in [5.74, 6) is -0.478. The van der Waals surface area contributed by atoms with Crippen LogP contribution in [0.25, 0.3) is 0 Å². The molecule has 0 radical (unpaired) electrons. The van der Waals surface area contributed by atoms with Crippen LogP contribution in [0.1, 0.15) is 33.4 Å². The number of β-amino-alcohol motifs (C(OH)–C–C–N with tert-alkyl or cyclic N) is 1. The molecule has 1 aliphatic rings. The molecule has 1 fully saturated rings. The van der Waals surface area contributed by atoms with E-state index in [9.17, 15) is 9.90 Å². The maximum absolute atomic E-state index is 12.9. The number of halogens is 1. The fraction of sp³-hybridized carbons (Fsp3) is 0.364. The van der Waals surface area contributed by atoms with Gasteiger partial charge in [0.05, 0.1) is 26.3 Å². The molecule has 1 amide bonds. The molecule has 0 bridgehead atoms. The van der Waals surface area contributed by atoms with Gasteiger partial charge in [0.15, 0.2) is 5.13 Å². The smallest absolute Gasteiger partial charge is 0.267 e. The summed E-state index contributed by atoms with van der Waals surface area (Å²) in [6, 6.07) is 5.56. The Morgan fingerprint density at radius 2 is 2.24 bits per heavy atom. The summed E-state index contributed by atoms with van der Waals surface area (Å²) in [6.07, 6.45) is 1.26. The summed E-state index contributed by atoms with van der Waals surface area (Å²) in [5.41, 5.74) is -0.169. The molecule has 2 aromatic heterocycles. The number of anilines is 4. The summed E-state index contributed by atoms with van der Waals surface area (Å²) in [4.78, 5) is 27.1. The van der Waals surface area contributed by atoms with Gasteiger partial charge >= 0.3 is 0 Å². The predicted octanol–water partition coefficient (Wildman–Crippen LogP) is 3.31. The van der Waals surface area contributed by atoms with Crippen LogP contribution in [0.15, 0.2) is 30.5 Å². The Morgan fingerprint density at radius 1 is 1.36 bits per heavy atom. The average Bonchev–Trinajstić information content (AvgIpc) is 3.33. The first-order chi connectivity index (χ1) is 19.4. The molecule has 3 heterocycles. The van der Waals surface area contributed by atoms with E-state index in [2.05, 4.69) is 25.6 Å². The number of aliphatic hydroxyl groups is 1. The summed E-state index contributed by atoms with van der Waals surface area (Å²) >= 11 is 7.07. The van der Waals surface area contributed by atoms with E-state index in [1.165, 1.54) is 37.4 Å². The highest BCUT2D eigenvalue weighted by atomic mass is 35.5. The van der Waals surface area contributed by atoms with Crippen molar-refractivity contribution in [3.63, 3.8) is 0 Å². The van der Waals surface area contributed by atoms with E-state index < -0.39 is 51.9 Å². The molecule has 0 saturated carbocycles. The van der Waals surface area contributed by atoms with E-state index in [0.29, 0.717) is 4.90 Å². The number of benzene rings is 1. The fourth-order valence-electron chi connectivity index (χ4n) is 2.86. The van der Waals surface area contributed by atoms with Gasteiger partial charge in [-0.15, -0.1) is 0 Å². The first kappa shape index (κ1) is 14.5. The number of rotatable bonds is 7. The normalized spacial score (nSPS) is 23.4. The number of nitrogens with one attached hydrogen (secondary N) is 2. The molecule has 9 nitrogen and oxygen atoms in total. The van der Waals surface area contributed by atoms with Crippen LogP contribution in [0.5, 0.6) is 0 Å². The van der Waals surface area contributed by atoms with Crippen molar-refractivity contribution in [3.8, 4) is 0 Å². The standard InChI is InChI=1S/C22H26ClN7O2S/c1-14-4-3-5-16(23)20(14)28-21(32)17-13-24-22(33-17)27-18-12-19(26-15(2)25-18)30-8-6-29(7-9-30)10-11-31/h3-5,12-13,31H,6-11H2,1-2H3,(H,28,32)(H,24,25,26,27)/i1D3,6D2,7D2,8D2. The van der Waals surface area contributed by atoms with Gasteiger partial charge in [0, 0.05) is 48.2 Å². The van der Waals surface area contributed by atoms with Crippen LogP contribution in [-0.4, -0.2) is 70.1 Å². The van der Waals surface area contributed by atoms with Crippen molar-refractivity contribution in [1.82, 2.24) is 19.9 Å². The average molecular weight is 497 g/mol. The third-order valence-corrected chi connectivity index (χ3v) is 5.61. The molecule has 0 aliphatic carbocycles. The minimum atomic E-state index is -2.84. The lowest BCUT2D eigenvalue weighted by Gasteiger charge is -2.35. The Labute approximate surface area is 214 Å². The fourth-order valence-corrected chi connectivity index (χ4v) is 3.80. The van der Waals surface area contributed by atoms with E-state index >= 15 is 0 Å². The zero-order valence-electron chi connectivity index (χ0n) is 26.4. The van der Waals surface area contributed by atoms with Crippen LogP contribution >= 0.6 is 22.9 Å². The highest BCUT2D eigenvalue weighted by Gasteiger charge is 2.19. The molecule has 3 aromatic rings. The number of hydrogen-bond donors (Lipinski definition) is 3. The van der Waals surface area contributed by atoms with Gasteiger partial charge in [-0.05, 0) is 25.4 Å². The molecule has 1 aromatic carbocycles. The summed E-state index contributed by atoms with van der Waals surface area (Å²) in [5, 5.41) is 15.0. The minimum absolute atomic E-state index is 0.0452. The number of piperazine rings is 1. The van der Waals surface area contributed by atoms with Crippen molar-refractivity contribution in [2.24, 2.45) is 0 Å². The third kappa shape index (κ3) is 5.77. The van der Waals surface area contributed by atoms with E-state index in [4.69, 9.17) is 23.9 Å². The van der Waals surface area contributed by atoms with Gasteiger partial charge in [-0.3, -0.25) is 9.69 Å². The molecule has 0 atom stereocenters. The van der Waals surface area contributed by atoms with E-state index in [0.717, 1.165) is 16.2 Å². The van der Waals surface area contributed by atoms with Crippen molar-refractivity contribution >= 4 is 51.3 Å². The largest absolute Gasteiger partial charge is 0.395 e. The number of para-hydroxylation sites is 1. The summed E-state index contributed by atoms with van der Waals surface area (Å²) in [6.45, 7) is -10.5. The molecule has 33 heavy (non-hydrogen) atoms. The maximum Gasteiger partial charge on any atom is 0.267 e. The molecule has 174 valence electrons. The number of aromatic nitrogens is 3. The number of carbonyl (C=O) groups is 1. The van der Waals surface area contributed by atoms with Gasteiger partial charge in [-0.2, -0.15) is 0 Å². The SMILES string of the molecule is [2H]C([2H])([2H])c1cccc(Cl)c1NC(=O)c1cnc(Nc2cc(N3CC([2H])([2H])N(CCO)C([2H])([2H])C3([2H])[2H])nc(C)n2)s1. The van der Waals surface area contributed by atoms with Crippen molar-refractivity contribution in [3.05, 3.63) is 51.7 Å². The van der Waals surface area contributed by atoms with E-state index in [1.54, 1.807) is 0 Å². The first-order valence-corrected chi connectivity index (χ1v) is 10.9. The lowest BCUT2D eigenvalue weighted by Crippen LogP contribution is -2.47. The monoisotopic (exact) mass is 496 g/mol. The Hall–Kier alpha value is -2.79. The van der Waals surface area contributed by atoms with Crippen molar-refractivity contribution in [1.29, 1.82) is 0 Å². The first-order valence-electron chi connectivity index (χ1n) is 14.2. The van der Waals surface area contributed by atoms with Gasteiger partial charge in [0.2, 0.25) is 0 Å². The zero-order valence-corrected chi connectivity index (χ0v) is 19.0. The van der Waals surface area contributed by atoms with Gasteiger partial charge in [0.25, 0.3) is 5.91 Å². The molecule has 0 unspecified atom stereocenters. The number of hydrogen-bond acceptors (Lipinski definition) is 9. The Balaban J connectivity index is 1.58. The summed E-state index contributed by atoms with van der Waals surface area (Å²) in [7, 11) is 0. The Bertz CT molecular complexity index is 1490. The molecular weight excluding hydrogens is 462 g/mol. The number of aryl methyl sites for hydroxylation is 2. The molecule has 1 saturated heterocycles. The number of nitrogens with zero attached hydrogens (tertiary/aromatic N) is 5. The second-order valence-corrected chi connectivity index (χ2v) is 8.21. The van der Waals surface area contributed by atoms with Crippen LogP contribution in [0.3, 0.4) is 0 Å². The highest BCUT2D eigenvalue weighted by Crippen LogP contribution is 2.28.